The largest absolute Gasteiger partial charge is 1.00 e. The van der Waals surface area contributed by atoms with Crippen LogP contribution in [0.15, 0.2) is 11.8 Å². The number of nitrogens with one attached hydrogen (secondary N) is 3. The van der Waals surface area contributed by atoms with E-state index in [1.54, 1.807) is 4.72 Å². The van der Waals surface area contributed by atoms with Crippen molar-refractivity contribution in [3.63, 3.8) is 0 Å². The molecule has 0 spiro atoms. The normalized spacial score (nSPS) is 31.9. The standard InChI is InChI=1S/C14H23NO11S.C12H21NO14S2.C7H15NO9S2.C6H8O8S.9Na.3H2O/c1-5(16)15-9-7(17)2-6(3-24-27-22)25-14(9)26-11-10(19)8(18)4-23-12(11)13(20)21;14-5-1-4(2-25-29(21,22)23)26-12(7(5)13-28(19)20)27-9-8(16)6(15)3-24-10(9)11(17)18;1-4-7(8-18(10,11)12)6(9)2-5(17-4)3-16-19(13,14)15;7-3-1-4(6(8)9)13-2-5(3)14-15(10,11)12;;;;;;;;;;;;/h6-12,14,17-19,22H,2-4H2,1H3,(H,15,16)(H,20,21);4-10,12-16H,1-3H2,(H,17,18)(H,19,20)(H,21,22,23);4-9H,2-3H2,1H3,(H,10,11,12)(H,13,14,15);1,3,5,7H,2H2,(H,8,9)(H,10,11,12);;;;;;;;;;3*1H2/q;;;;9*+1;;;/p-9. The van der Waals surface area contributed by atoms with Gasteiger partial charge in [-0.3, -0.25) is 21.6 Å². The fourth-order valence-corrected chi connectivity index (χ4v) is 11.0. The molecule has 0 aliphatic carbocycles. The second kappa shape index (κ2) is 60.9. The van der Waals surface area contributed by atoms with E-state index in [1.165, 1.54) is 13.8 Å². The minimum atomic E-state index is -5.10. The Labute approximate surface area is 788 Å². The van der Waals surface area contributed by atoms with Crippen molar-refractivity contribution < 1.29 is 478 Å². The predicted octanol–water partition coefficient (Wildman–Crippen LogP) is -45.2. The molecule has 6 aliphatic rings. The van der Waals surface area contributed by atoms with Gasteiger partial charge in [-0.1, -0.05) is 0 Å². The smallest absolute Gasteiger partial charge is 0.776 e. The molecule has 0 bridgehead atoms. The SMILES string of the molecule is CC(=O)NC1C(O)CC(COS[O-])OC1OC1C(C(=O)[O-])OCC(O)C1O.CC1OC(COS(=O)(=O)[O-])CC(O)C1NS(=O)(=O)[O-].O.O.O.O=C([O-])C1=CC(O)C(OS(=O)(=O)[O-])CO1.O=C([O-])C1OCC(O)C(O)C1OC1OC(COS(=O)(=O)[O-])CC(O)C1NS(=O)[O-].[Na+].[Na+].[Na+].[Na+].[Na+].[Na+].[Na+].[Na+].[Na+]. The summed E-state index contributed by atoms with van der Waals surface area (Å²) in [7, 11) is -19.7. The number of aliphatic hydroxyl groups is 8. The number of ether oxygens (including phenoxy) is 8. The zero-order chi connectivity index (χ0) is 68.6. The first kappa shape index (κ1) is 128. The predicted molar refractivity (Wildman–Crippen MR) is 273 cm³/mol. The number of hydrogen-bond acceptors (Lipinski definition) is 43. The van der Waals surface area contributed by atoms with Gasteiger partial charge in [0.25, 0.3) is 0 Å². The van der Waals surface area contributed by atoms with Gasteiger partial charge in [-0.05, 0) is 13.0 Å². The van der Waals surface area contributed by atoms with E-state index < -0.39 is 250 Å². The number of rotatable bonds is 23. The van der Waals surface area contributed by atoms with E-state index in [0.717, 1.165) is 0 Å². The van der Waals surface area contributed by atoms with E-state index in [4.69, 9.17) is 33.2 Å². The first-order valence-electron chi connectivity index (χ1n) is 24.9. The Morgan fingerprint density at radius 3 is 1.30 bits per heavy atom. The van der Waals surface area contributed by atoms with Crippen molar-refractivity contribution in [3.8, 4) is 0 Å². The number of carbonyl (C=O) groups is 4. The van der Waals surface area contributed by atoms with Crippen LogP contribution >= 0.6 is 12.3 Å². The third-order valence-electron chi connectivity index (χ3n) is 12.4. The molecule has 6 rings (SSSR count). The molecule has 5 fully saturated rings. The van der Waals surface area contributed by atoms with Crippen molar-refractivity contribution >= 4 is 88.9 Å². The number of aliphatic hydroxyl groups excluding tert-OH is 8. The summed E-state index contributed by atoms with van der Waals surface area (Å²) in [6.45, 7) is -0.645. The Balaban J connectivity index is -0.000000136. The third kappa shape index (κ3) is 48.3. The third-order valence-corrected chi connectivity index (χ3v) is 15.0. The molecule has 0 radical (unpaired) electrons. The van der Waals surface area contributed by atoms with Crippen LogP contribution in [0.25, 0.3) is 0 Å². The molecule has 23 unspecified atom stereocenters. The summed E-state index contributed by atoms with van der Waals surface area (Å²) >= 11 is -3.09. The Bertz CT molecular complexity index is 2900. The summed E-state index contributed by atoms with van der Waals surface area (Å²) in [4.78, 5) is 44.2. The number of carboxylic acid groups (broad SMARTS) is 3. The summed E-state index contributed by atoms with van der Waals surface area (Å²) in [6, 6.07) is -3.78. The van der Waals surface area contributed by atoms with Gasteiger partial charge in [0.2, 0.25) is 37.1 Å². The maximum Gasteiger partial charge on any atom is 1.00 e. The van der Waals surface area contributed by atoms with Crippen molar-refractivity contribution in [1.82, 2.24) is 14.8 Å². The van der Waals surface area contributed by atoms with Crippen LogP contribution < -0.4 is 296 Å². The van der Waals surface area contributed by atoms with Gasteiger partial charge < -0.3 is 162 Å². The second-order valence-corrected chi connectivity index (χ2v) is 24.5. The van der Waals surface area contributed by atoms with E-state index >= 15 is 0 Å². The van der Waals surface area contributed by atoms with Crippen molar-refractivity contribution in [3.05, 3.63) is 11.8 Å². The van der Waals surface area contributed by atoms with Crippen LogP contribution in [0, 0.1) is 0 Å². The van der Waals surface area contributed by atoms with Crippen molar-refractivity contribution in [1.29, 1.82) is 0 Å². The van der Waals surface area contributed by atoms with E-state index in [9.17, 15) is 141 Å². The van der Waals surface area contributed by atoms with Crippen LogP contribution in [0.1, 0.15) is 33.1 Å². The van der Waals surface area contributed by atoms with Crippen LogP contribution in [-0.2, 0) is 127 Å². The average molecular weight is 1690 g/mol. The molecule has 0 aromatic carbocycles. The minimum Gasteiger partial charge on any atom is -0.776 e. The van der Waals surface area contributed by atoms with E-state index in [2.05, 4.69) is 26.8 Å². The molecule has 6 heterocycles. The Hall–Kier alpha value is 5.52. The maximum atomic E-state index is 11.4. The fourth-order valence-electron chi connectivity index (χ4n) is 8.54. The first-order chi connectivity index (χ1) is 41.4. The molecular formula is C39H64N3Na9O45S6. The number of hydrogen-bond donors (Lipinski definition) is 11. The monoisotopic (exact) mass is 1690 g/mol. The molecule has 23 atom stereocenters. The number of carbonyl (C=O) groups excluding carboxylic acids is 4. The molecule has 550 valence electrons. The van der Waals surface area contributed by atoms with E-state index in [0.29, 0.717) is 6.08 Å². The molecule has 48 nitrogen and oxygen atoms in total. The van der Waals surface area contributed by atoms with Crippen molar-refractivity contribution in [2.75, 3.05) is 39.6 Å². The van der Waals surface area contributed by atoms with Gasteiger partial charge in [-0.15, -0.1) is 12.3 Å². The van der Waals surface area contributed by atoms with Crippen LogP contribution in [0.2, 0.25) is 0 Å². The topological polar surface area (TPSA) is 833 Å². The van der Waals surface area contributed by atoms with Crippen LogP contribution in [0.3, 0.4) is 0 Å². The van der Waals surface area contributed by atoms with Gasteiger partial charge in [-0.2, -0.15) is 0 Å². The molecule has 1 amide bonds. The Morgan fingerprint density at radius 2 is 0.971 bits per heavy atom. The minimum absolute atomic E-state index is 0. The van der Waals surface area contributed by atoms with Crippen molar-refractivity contribution in [2.24, 2.45) is 0 Å². The number of amides is 1. The van der Waals surface area contributed by atoms with Gasteiger partial charge in [0.15, 0.2) is 22.9 Å². The molecule has 102 heavy (non-hydrogen) atoms. The van der Waals surface area contributed by atoms with Crippen molar-refractivity contribution in [2.45, 2.75) is 168 Å². The summed E-state index contributed by atoms with van der Waals surface area (Å²) in [5.74, 6) is -6.30. The second-order valence-electron chi connectivity index (χ2n) is 19.2. The van der Waals surface area contributed by atoms with Gasteiger partial charge in [0.1, 0.15) is 85.4 Å². The zero-order valence-corrected chi connectivity index (χ0v) is 78.9. The Morgan fingerprint density at radius 1 is 0.588 bits per heavy atom. The molecule has 63 heteroatoms. The average Bonchev–Trinajstić information content (AvgIpc) is 0.808. The van der Waals surface area contributed by atoms with Gasteiger partial charge in [-0.25, -0.2) is 43.1 Å². The fraction of sp³-hybridized carbons (Fsp3) is 0.846. The first-order valence-corrected chi connectivity index (χ1v) is 32.1. The van der Waals surface area contributed by atoms with Gasteiger partial charge >= 0.3 is 266 Å². The molecular weight excluding hydrogens is 1630 g/mol. The van der Waals surface area contributed by atoms with Crippen LogP contribution in [-0.4, -0.2) is 320 Å². The molecule has 6 aliphatic heterocycles. The zero-order valence-electron chi connectivity index (χ0n) is 56.1. The summed E-state index contributed by atoms with van der Waals surface area (Å²) in [5.41, 5.74) is 0. The molecule has 5 saturated heterocycles. The van der Waals surface area contributed by atoms with Gasteiger partial charge in [0, 0.05) is 37.5 Å². The summed E-state index contributed by atoms with van der Waals surface area (Å²) in [6.07, 6.45) is -27.4. The van der Waals surface area contributed by atoms with Gasteiger partial charge in [0.05, 0.1) is 99.8 Å². The van der Waals surface area contributed by atoms with E-state index in [1.807, 2.05) is 4.72 Å². The molecule has 0 aromatic heterocycles. The van der Waals surface area contributed by atoms with Crippen LogP contribution in [0.5, 0.6) is 0 Å². The Kier molecular flexibility index (Phi) is 76.6. The number of aliphatic carboxylic acids is 3. The van der Waals surface area contributed by atoms with Crippen LogP contribution in [0.4, 0.5) is 0 Å². The summed E-state index contributed by atoms with van der Waals surface area (Å²) in [5, 5.41) is 114. The molecule has 0 saturated carbocycles. The number of carboxylic acids is 3. The molecule has 0 aromatic rings. The maximum absolute atomic E-state index is 11.4. The van der Waals surface area contributed by atoms with E-state index in [-0.39, 0.29) is 321 Å². The quantitative estimate of drug-likeness (QED) is 0.0149. The summed E-state index contributed by atoms with van der Waals surface area (Å²) < 4.78 is 218. The molecule has 17 N–H and O–H groups in total.